The van der Waals surface area contributed by atoms with Gasteiger partial charge in [-0.25, -0.2) is 4.39 Å². The molecule has 3 N–H and O–H groups in total. The number of benzodiazepines with no additional fused rings is 1. The van der Waals surface area contributed by atoms with Crippen molar-refractivity contribution in [2.45, 2.75) is 19.4 Å². The Hall–Kier alpha value is -4.17. The van der Waals surface area contributed by atoms with Crippen LogP contribution in [0.5, 0.6) is 5.75 Å². The summed E-state index contributed by atoms with van der Waals surface area (Å²) < 4.78 is 19.6. The second-order valence-electron chi connectivity index (χ2n) is 8.12. The van der Waals surface area contributed by atoms with Crippen LogP contribution in [0.25, 0.3) is 0 Å². The molecule has 0 spiro atoms. The highest BCUT2D eigenvalue weighted by molar-refractivity contribution is 6.30. The van der Waals surface area contributed by atoms with Gasteiger partial charge in [0.05, 0.1) is 36.7 Å². The average molecular weight is 506 g/mol. The van der Waals surface area contributed by atoms with Crippen LogP contribution in [0.3, 0.4) is 0 Å². The first-order valence-electron chi connectivity index (χ1n) is 11.1. The Morgan fingerprint density at radius 1 is 1.22 bits per heavy atom. The molecule has 1 amide bonds. The summed E-state index contributed by atoms with van der Waals surface area (Å²) in [5, 5.41) is 7.08. The molecule has 3 aromatic rings. The Labute approximate surface area is 213 Å². The van der Waals surface area contributed by atoms with E-state index in [1.165, 1.54) is 12.1 Å². The molecule has 9 heteroatoms. The number of hydrogen-bond donors (Lipinski definition) is 2. The number of rotatable bonds is 5. The fourth-order valence-electron chi connectivity index (χ4n) is 4.01. The molecule has 1 aliphatic rings. The molecule has 1 atom stereocenters. The van der Waals surface area contributed by atoms with Gasteiger partial charge in [0.25, 0.3) is 0 Å². The van der Waals surface area contributed by atoms with Gasteiger partial charge in [-0.1, -0.05) is 42.4 Å². The molecular weight excluding hydrogens is 481 g/mol. The van der Waals surface area contributed by atoms with E-state index < -0.39 is 17.8 Å². The highest BCUT2D eigenvalue weighted by atomic mass is 35.5. The lowest BCUT2D eigenvalue weighted by Gasteiger charge is -2.28. The summed E-state index contributed by atoms with van der Waals surface area (Å²) in [6, 6.07) is 18.0. The van der Waals surface area contributed by atoms with E-state index in [9.17, 15) is 9.18 Å². The number of hydrazone groups is 1. The Morgan fingerprint density at radius 2 is 1.94 bits per heavy atom. The summed E-state index contributed by atoms with van der Waals surface area (Å²) in [6.45, 7) is 5.98. The second-order valence-corrected chi connectivity index (χ2v) is 8.56. The Morgan fingerprint density at radius 3 is 2.61 bits per heavy atom. The molecule has 0 radical (unpaired) electrons. The molecule has 7 nitrogen and oxygen atoms in total. The number of hydrogen-bond acceptors (Lipinski definition) is 5. The predicted octanol–water partition coefficient (Wildman–Crippen LogP) is 5.35. The van der Waals surface area contributed by atoms with Crippen molar-refractivity contribution in [2.24, 2.45) is 15.9 Å². The minimum Gasteiger partial charge on any atom is -0.497 e. The van der Waals surface area contributed by atoms with Crippen LogP contribution >= 0.6 is 11.6 Å². The Bertz CT molecular complexity index is 1370. The number of nitrogens with two attached hydrogens (primary N) is 1. The molecule has 3 aromatic carbocycles. The largest absolute Gasteiger partial charge is 0.497 e. The van der Waals surface area contributed by atoms with Gasteiger partial charge in [0.2, 0.25) is 5.91 Å². The minimum absolute atomic E-state index is 0.0909. The quantitative estimate of drug-likeness (QED) is 0.212. The average Bonchev–Trinajstić information content (AvgIpc) is 2.99. The maximum atomic E-state index is 14.1. The third-order valence-electron chi connectivity index (χ3n) is 5.81. The molecule has 0 aliphatic carbocycles. The fourth-order valence-corrected chi connectivity index (χ4v) is 4.14. The highest BCUT2D eigenvalue weighted by Crippen LogP contribution is 2.36. The fraction of sp³-hybridized carbons (Fsp3) is 0.148. The SMILES string of the molecule is C=C1C(CC(=O)Nc2ccccc2F)N=C(c2ccc(Cl)cc2)c2cc(OC)ccc2N1/C(C)=N\N. The van der Waals surface area contributed by atoms with Crippen LogP contribution in [-0.4, -0.2) is 30.6 Å². The lowest BCUT2D eigenvalue weighted by Crippen LogP contribution is -2.34. The van der Waals surface area contributed by atoms with Crippen molar-refractivity contribution in [2.75, 3.05) is 17.3 Å². The zero-order chi connectivity index (χ0) is 25.8. The third kappa shape index (κ3) is 5.08. The van der Waals surface area contributed by atoms with Crippen LogP contribution in [0.15, 0.2) is 89.1 Å². The van der Waals surface area contributed by atoms with Crippen molar-refractivity contribution in [1.82, 2.24) is 0 Å². The molecule has 0 aromatic heterocycles. The maximum Gasteiger partial charge on any atom is 0.227 e. The number of aliphatic imine (C=N–C) groups is 1. The summed E-state index contributed by atoms with van der Waals surface area (Å²) in [4.78, 5) is 19.7. The molecule has 0 bridgehead atoms. The summed E-state index contributed by atoms with van der Waals surface area (Å²) in [6.07, 6.45) is -0.0935. The van der Waals surface area contributed by atoms with Crippen molar-refractivity contribution in [3.8, 4) is 5.75 Å². The van der Waals surface area contributed by atoms with E-state index >= 15 is 0 Å². The molecule has 1 unspecified atom stereocenters. The second kappa shape index (κ2) is 10.6. The number of halogens is 2. The van der Waals surface area contributed by atoms with Gasteiger partial charge in [0.15, 0.2) is 0 Å². The summed E-state index contributed by atoms with van der Waals surface area (Å²) >= 11 is 6.13. The van der Waals surface area contributed by atoms with Gasteiger partial charge in [-0.15, -0.1) is 0 Å². The van der Waals surface area contributed by atoms with Crippen LogP contribution in [0.4, 0.5) is 15.8 Å². The van der Waals surface area contributed by atoms with Gasteiger partial charge >= 0.3 is 0 Å². The molecule has 36 heavy (non-hydrogen) atoms. The lowest BCUT2D eigenvalue weighted by molar-refractivity contribution is -0.116. The standard InChI is InChI=1S/C27H25ClFN5O2/c1-16-24(15-26(35)31-23-7-5-4-6-22(23)29)32-27(18-8-10-19(28)11-9-18)21-14-20(36-3)12-13-25(21)34(16)17(2)33-30/h4-14,24H,1,15,30H2,2-3H3,(H,31,35)/b33-17-. The molecule has 184 valence electrons. The van der Waals surface area contributed by atoms with Gasteiger partial charge < -0.3 is 15.9 Å². The maximum absolute atomic E-state index is 14.1. The molecule has 0 saturated heterocycles. The normalized spacial score (nSPS) is 15.6. The minimum atomic E-state index is -0.711. The van der Waals surface area contributed by atoms with Crippen LogP contribution in [0.2, 0.25) is 5.02 Å². The van der Waals surface area contributed by atoms with E-state index in [-0.39, 0.29) is 12.1 Å². The predicted molar refractivity (Wildman–Crippen MR) is 142 cm³/mol. The summed E-state index contributed by atoms with van der Waals surface area (Å²) in [5.74, 6) is 5.80. The monoisotopic (exact) mass is 505 g/mol. The van der Waals surface area contributed by atoms with Crippen LogP contribution in [-0.2, 0) is 4.79 Å². The van der Waals surface area contributed by atoms with Crippen molar-refractivity contribution < 1.29 is 13.9 Å². The van der Waals surface area contributed by atoms with Crippen LogP contribution in [0.1, 0.15) is 24.5 Å². The first-order valence-corrected chi connectivity index (χ1v) is 11.5. The molecule has 4 rings (SSSR count). The number of para-hydroxylation sites is 1. The molecular formula is C27H25ClFN5O2. The Kier molecular flexibility index (Phi) is 7.36. The zero-order valence-electron chi connectivity index (χ0n) is 19.8. The zero-order valence-corrected chi connectivity index (χ0v) is 20.6. The van der Waals surface area contributed by atoms with E-state index in [1.54, 1.807) is 43.2 Å². The molecule has 0 fully saturated rings. The van der Waals surface area contributed by atoms with Gasteiger partial charge in [-0.3, -0.25) is 14.7 Å². The number of amidine groups is 1. The van der Waals surface area contributed by atoms with Crippen molar-refractivity contribution in [1.29, 1.82) is 0 Å². The van der Waals surface area contributed by atoms with Gasteiger partial charge in [-0.2, -0.15) is 5.10 Å². The number of ether oxygens (including phenoxy) is 1. The number of nitrogens with one attached hydrogen (secondary N) is 1. The number of benzene rings is 3. The first-order chi connectivity index (χ1) is 17.3. The molecule has 0 saturated carbocycles. The number of nitrogens with zero attached hydrogens (tertiary/aromatic N) is 3. The van der Waals surface area contributed by atoms with E-state index in [0.717, 1.165) is 16.8 Å². The first kappa shape index (κ1) is 24.9. The third-order valence-corrected chi connectivity index (χ3v) is 6.06. The van der Waals surface area contributed by atoms with E-state index in [2.05, 4.69) is 17.0 Å². The number of anilines is 2. The van der Waals surface area contributed by atoms with Crippen LogP contribution in [0, 0.1) is 5.82 Å². The number of methoxy groups -OCH3 is 1. The number of carbonyl (C=O) groups excluding carboxylic acids is 1. The number of fused-ring (bicyclic) bond motifs is 1. The van der Waals surface area contributed by atoms with Crippen molar-refractivity contribution in [3.63, 3.8) is 0 Å². The van der Waals surface area contributed by atoms with Gasteiger partial charge in [0.1, 0.15) is 17.4 Å². The van der Waals surface area contributed by atoms with E-state index in [1.807, 2.05) is 30.3 Å². The van der Waals surface area contributed by atoms with Crippen molar-refractivity contribution >= 4 is 40.4 Å². The molecule has 1 aliphatic heterocycles. The van der Waals surface area contributed by atoms with Crippen LogP contribution < -0.4 is 20.8 Å². The topological polar surface area (TPSA) is 92.3 Å². The number of carbonyl (C=O) groups is 1. The number of amides is 1. The van der Waals surface area contributed by atoms with Gasteiger partial charge in [-0.05, 0) is 49.4 Å². The Balaban J connectivity index is 1.83. The highest BCUT2D eigenvalue weighted by Gasteiger charge is 2.31. The van der Waals surface area contributed by atoms with E-state index in [4.69, 9.17) is 27.2 Å². The molecule has 1 heterocycles. The lowest BCUT2D eigenvalue weighted by atomic mass is 9.99. The summed E-state index contributed by atoms with van der Waals surface area (Å²) in [7, 11) is 1.58. The van der Waals surface area contributed by atoms with E-state index in [0.29, 0.717) is 28.0 Å². The van der Waals surface area contributed by atoms with Gasteiger partial charge in [0, 0.05) is 21.8 Å². The summed E-state index contributed by atoms with van der Waals surface area (Å²) in [5.41, 5.74) is 3.42. The van der Waals surface area contributed by atoms with Crippen molar-refractivity contribution in [3.05, 3.63) is 101 Å². The smallest absolute Gasteiger partial charge is 0.227 e.